The van der Waals surface area contributed by atoms with E-state index in [4.69, 9.17) is 9.47 Å². The number of hydrogen-bond donors (Lipinski definition) is 1. The molecule has 2 amide bonds. The summed E-state index contributed by atoms with van der Waals surface area (Å²) in [5.41, 5.74) is 3.15. The first-order valence-electron chi connectivity index (χ1n) is 12.3. The fourth-order valence-electron chi connectivity index (χ4n) is 4.61. The van der Waals surface area contributed by atoms with Crippen molar-refractivity contribution in [3.63, 3.8) is 0 Å². The zero-order valence-corrected chi connectivity index (χ0v) is 22.2. The number of fused-ring (bicyclic) bond motifs is 1. The van der Waals surface area contributed by atoms with Crippen LogP contribution in [0.2, 0.25) is 0 Å². The normalized spacial score (nSPS) is 13.6. The number of rotatable bonds is 8. The first-order valence-corrected chi connectivity index (χ1v) is 12.3. The fraction of sp³-hybridized carbons (Fsp3) is 0.276. The molecule has 1 atom stereocenters. The number of halogens is 3. The smallest absolute Gasteiger partial charge is 0.496 e. The lowest BCUT2D eigenvalue weighted by Crippen LogP contribution is -2.45. The van der Waals surface area contributed by atoms with Crippen molar-refractivity contribution in [3.05, 3.63) is 77.4 Å². The van der Waals surface area contributed by atoms with Crippen molar-refractivity contribution < 1.29 is 41.8 Å². The van der Waals surface area contributed by atoms with Crippen LogP contribution in [0.1, 0.15) is 40.1 Å². The Kier molecular flexibility index (Phi) is 8.03. The molecule has 0 aliphatic carbocycles. The van der Waals surface area contributed by atoms with E-state index in [1.807, 2.05) is 26.0 Å². The largest absolute Gasteiger partial charge is 0.573 e. The van der Waals surface area contributed by atoms with Gasteiger partial charge in [0, 0.05) is 35.0 Å². The molecule has 1 unspecified atom stereocenters. The number of nitrogens with zero attached hydrogens (tertiary/aromatic N) is 1. The lowest BCUT2D eigenvalue weighted by molar-refractivity contribution is -0.274. The Balaban J connectivity index is 1.54. The summed E-state index contributed by atoms with van der Waals surface area (Å²) in [5.74, 6) is -1.43. The molecule has 8 nitrogen and oxygen atoms in total. The Labute approximate surface area is 228 Å². The molecule has 11 heteroatoms. The highest BCUT2D eigenvalue weighted by atomic mass is 19.4. The van der Waals surface area contributed by atoms with Crippen molar-refractivity contribution in [3.8, 4) is 22.6 Å². The number of hydrogen-bond acceptors (Lipinski definition) is 6. The summed E-state index contributed by atoms with van der Waals surface area (Å²) in [5, 5.41) is 2.69. The van der Waals surface area contributed by atoms with Gasteiger partial charge >= 0.3 is 12.3 Å². The van der Waals surface area contributed by atoms with Crippen molar-refractivity contribution in [2.45, 2.75) is 32.8 Å². The minimum Gasteiger partial charge on any atom is -0.496 e. The second-order valence-electron chi connectivity index (χ2n) is 9.46. The van der Waals surface area contributed by atoms with Crippen LogP contribution in [-0.4, -0.2) is 49.3 Å². The zero-order valence-electron chi connectivity index (χ0n) is 22.2. The predicted molar refractivity (Wildman–Crippen MR) is 140 cm³/mol. The summed E-state index contributed by atoms with van der Waals surface area (Å²) in [4.78, 5) is 39.8. The summed E-state index contributed by atoms with van der Waals surface area (Å²) in [7, 11) is 2.76. The Morgan fingerprint density at radius 2 is 1.65 bits per heavy atom. The number of alkyl halides is 3. The van der Waals surface area contributed by atoms with Crippen LogP contribution in [0.15, 0.2) is 60.7 Å². The van der Waals surface area contributed by atoms with Gasteiger partial charge in [-0.25, -0.2) is 4.79 Å². The lowest BCUT2D eigenvalue weighted by Gasteiger charge is -2.28. The maximum atomic E-state index is 13.3. The second-order valence-corrected chi connectivity index (χ2v) is 9.46. The number of ether oxygens (including phenoxy) is 3. The molecule has 0 aromatic heterocycles. The third kappa shape index (κ3) is 6.03. The van der Waals surface area contributed by atoms with Gasteiger partial charge in [-0.15, -0.1) is 13.2 Å². The molecule has 40 heavy (non-hydrogen) atoms. The Bertz CT molecular complexity index is 1440. The third-order valence-corrected chi connectivity index (χ3v) is 6.47. The van der Waals surface area contributed by atoms with E-state index in [1.54, 1.807) is 24.3 Å². The van der Waals surface area contributed by atoms with Gasteiger partial charge < -0.3 is 24.4 Å². The van der Waals surface area contributed by atoms with Gasteiger partial charge in [0.2, 0.25) is 0 Å². The second kappa shape index (κ2) is 11.3. The summed E-state index contributed by atoms with van der Waals surface area (Å²) >= 11 is 0. The van der Waals surface area contributed by atoms with E-state index >= 15 is 0 Å². The number of carbonyl (C=O) groups is 3. The van der Waals surface area contributed by atoms with Gasteiger partial charge in [0.1, 0.15) is 17.5 Å². The third-order valence-electron chi connectivity index (χ3n) is 6.47. The molecule has 0 saturated carbocycles. The number of benzene rings is 3. The molecule has 4 rings (SSSR count). The van der Waals surface area contributed by atoms with E-state index < -0.39 is 30.0 Å². The average Bonchev–Trinajstić information content (AvgIpc) is 3.22. The molecule has 210 valence electrons. The standard InChI is InChI=1S/C29H27F3N2O6/c1-16(2)25(28(37)39-4)34-15-19-6-5-18(13-23(19)27(34)36)22-12-9-20(14-24(22)38-3)33-26(35)17-7-10-21(11-8-17)40-29(30,31)32/h5-14,16,25H,15H2,1-4H3,(H,33,35). The van der Waals surface area contributed by atoms with Gasteiger partial charge in [-0.2, -0.15) is 0 Å². The lowest BCUT2D eigenvalue weighted by atomic mass is 9.99. The minimum atomic E-state index is -4.83. The Hall–Kier alpha value is -4.54. The van der Waals surface area contributed by atoms with E-state index in [9.17, 15) is 27.6 Å². The number of carbonyl (C=O) groups excluding carboxylic acids is 3. The molecule has 0 bridgehead atoms. The summed E-state index contributed by atoms with van der Waals surface area (Å²) < 4.78 is 51.4. The monoisotopic (exact) mass is 556 g/mol. The van der Waals surface area contributed by atoms with E-state index in [-0.39, 0.29) is 23.9 Å². The molecule has 1 aliphatic rings. The van der Waals surface area contributed by atoms with Crippen LogP contribution < -0.4 is 14.8 Å². The fourth-order valence-corrected chi connectivity index (χ4v) is 4.61. The van der Waals surface area contributed by atoms with Crippen LogP contribution in [0.25, 0.3) is 11.1 Å². The highest BCUT2D eigenvalue weighted by molar-refractivity contribution is 6.05. The molecular weight excluding hydrogens is 529 g/mol. The van der Waals surface area contributed by atoms with Crippen molar-refractivity contribution in [2.24, 2.45) is 5.92 Å². The molecule has 1 N–H and O–H groups in total. The summed E-state index contributed by atoms with van der Waals surface area (Å²) in [6.45, 7) is 4.00. The van der Waals surface area contributed by atoms with Gasteiger partial charge in [0.05, 0.1) is 14.2 Å². The van der Waals surface area contributed by atoms with E-state index in [2.05, 4.69) is 10.1 Å². The molecular formula is C29H27F3N2O6. The van der Waals surface area contributed by atoms with Crippen LogP contribution in [0, 0.1) is 5.92 Å². The average molecular weight is 557 g/mol. The molecule has 0 radical (unpaired) electrons. The van der Waals surface area contributed by atoms with Crippen LogP contribution >= 0.6 is 0 Å². The van der Waals surface area contributed by atoms with Crippen molar-refractivity contribution >= 4 is 23.5 Å². The number of nitrogens with one attached hydrogen (secondary N) is 1. The molecule has 0 fully saturated rings. The molecule has 3 aromatic rings. The summed E-state index contributed by atoms with van der Waals surface area (Å²) in [6.07, 6.45) is -4.83. The van der Waals surface area contributed by atoms with E-state index in [1.165, 1.54) is 31.3 Å². The predicted octanol–water partition coefficient (Wildman–Crippen LogP) is 5.67. The van der Waals surface area contributed by atoms with Gasteiger partial charge in [-0.3, -0.25) is 9.59 Å². The topological polar surface area (TPSA) is 94.2 Å². The zero-order chi connectivity index (χ0) is 29.2. The molecule has 0 saturated heterocycles. The van der Waals surface area contributed by atoms with Gasteiger partial charge in [-0.05, 0) is 59.5 Å². The van der Waals surface area contributed by atoms with Gasteiger partial charge in [0.15, 0.2) is 0 Å². The van der Waals surface area contributed by atoms with Crippen LogP contribution in [-0.2, 0) is 16.1 Å². The highest BCUT2D eigenvalue weighted by Crippen LogP contribution is 2.36. The van der Waals surface area contributed by atoms with Crippen molar-refractivity contribution in [2.75, 3.05) is 19.5 Å². The first-order chi connectivity index (χ1) is 18.9. The minimum absolute atomic E-state index is 0.130. The highest BCUT2D eigenvalue weighted by Gasteiger charge is 2.39. The van der Waals surface area contributed by atoms with Crippen LogP contribution in [0.5, 0.6) is 11.5 Å². The Morgan fingerprint density at radius 3 is 2.25 bits per heavy atom. The van der Waals surface area contributed by atoms with Gasteiger partial charge in [-0.1, -0.05) is 26.0 Å². The van der Waals surface area contributed by atoms with Crippen molar-refractivity contribution in [1.82, 2.24) is 4.90 Å². The first kappa shape index (κ1) is 28.5. The SMILES string of the molecule is COC(=O)C(C(C)C)N1Cc2ccc(-c3ccc(NC(=O)c4ccc(OC(F)(F)F)cc4)cc3OC)cc2C1=O. The number of amides is 2. The number of esters is 1. The molecule has 1 aliphatic heterocycles. The summed E-state index contributed by atoms with van der Waals surface area (Å²) in [6, 6.07) is 14.2. The van der Waals surface area contributed by atoms with Crippen LogP contribution in [0.4, 0.5) is 18.9 Å². The molecule has 3 aromatic carbocycles. The number of anilines is 1. The van der Waals surface area contributed by atoms with E-state index in [0.29, 0.717) is 28.1 Å². The molecule has 1 heterocycles. The molecule has 0 spiro atoms. The van der Waals surface area contributed by atoms with Gasteiger partial charge in [0.25, 0.3) is 11.8 Å². The van der Waals surface area contributed by atoms with Crippen LogP contribution in [0.3, 0.4) is 0 Å². The van der Waals surface area contributed by atoms with Crippen molar-refractivity contribution in [1.29, 1.82) is 0 Å². The van der Waals surface area contributed by atoms with E-state index in [0.717, 1.165) is 17.7 Å². The maximum absolute atomic E-state index is 13.3. The Morgan fingerprint density at radius 1 is 0.950 bits per heavy atom. The number of methoxy groups -OCH3 is 2. The quantitative estimate of drug-likeness (QED) is 0.360. The maximum Gasteiger partial charge on any atom is 0.573 e.